The van der Waals surface area contributed by atoms with Crippen LogP contribution in [0, 0.1) is 5.41 Å². The zero-order valence-electron chi connectivity index (χ0n) is 32.5. The van der Waals surface area contributed by atoms with E-state index in [4.69, 9.17) is 15.1 Å². The number of carbonyl (C=O) groups is 2. The van der Waals surface area contributed by atoms with Crippen molar-refractivity contribution < 1.29 is 19.8 Å². The Morgan fingerprint density at radius 1 is 0.614 bits per heavy atom. The number of piperidine rings is 2. The van der Waals surface area contributed by atoms with Crippen molar-refractivity contribution in [3.05, 3.63) is 132 Å². The summed E-state index contributed by atoms with van der Waals surface area (Å²) in [6.07, 6.45) is 5.43. The molecule has 8 rings (SSSR count). The van der Waals surface area contributed by atoms with E-state index in [0.717, 1.165) is 64.3 Å². The van der Waals surface area contributed by atoms with E-state index in [0.29, 0.717) is 19.6 Å². The second-order valence-electron chi connectivity index (χ2n) is 16.0. The Bertz CT molecular complexity index is 2260. The molecule has 0 radical (unpaired) electrons. The minimum atomic E-state index is -0.834. The van der Waals surface area contributed by atoms with E-state index in [1.807, 2.05) is 42.7 Å². The highest BCUT2D eigenvalue weighted by Gasteiger charge is 2.40. The third kappa shape index (κ3) is 9.48. The number of likely N-dealkylation sites (tertiary alicyclic amines) is 2. The van der Waals surface area contributed by atoms with Crippen LogP contribution >= 0.6 is 15.9 Å². The number of nitrogens with one attached hydrogen (secondary N) is 2. The topological polar surface area (TPSA) is 138 Å². The Morgan fingerprint density at radius 3 is 1.53 bits per heavy atom. The molecular formula is C46H49BrN6O4. The monoisotopic (exact) mass is 828 g/mol. The molecule has 4 heterocycles. The van der Waals surface area contributed by atoms with E-state index < -0.39 is 12.2 Å². The van der Waals surface area contributed by atoms with Crippen molar-refractivity contribution in [1.82, 2.24) is 29.7 Å². The first kappa shape index (κ1) is 39.6. The zero-order valence-corrected chi connectivity index (χ0v) is 34.1. The Balaban J connectivity index is 0.000000175. The van der Waals surface area contributed by atoms with Gasteiger partial charge >= 0.3 is 12.2 Å². The normalized spacial score (nSPS) is 17.5. The van der Waals surface area contributed by atoms with Crippen molar-refractivity contribution in [2.75, 3.05) is 19.6 Å². The number of hydrogen-bond donors (Lipinski definition) is 4. The van der Waals surface area contributed by atoms with E-state index in [9.17, 15) is 14.7 Å². The minimum absolute atomic E-state index is 0.0209. The van der Waals surface area contributed by atoms with Gasteiger partial charge in [0.1, 0.15) is 11.6 Å². The van der Waals surface area contributed by atoms with Crippen LogP contribution in [-0.4, -0.2) is 77.8 Å². The van der Waals surface area contributed by atoms with Gasteiger partial charge in [-0.3, -0.25) is 0 Å². The molecule has 2 unspecified atom stereocenters. The van der Waals surface area contributed by atoms with Crippen LogP contribution < -0.4 is 0 Å². The van der Waals surface area contributed by atoms with Gasteiger partial charge in [-0.05, 0) is 65.5 Å². The number of rotatable bonds is 6. The predicted molar refractivity (Wildman–Crippen MR) is 228 cm³/mol. The summed E-state index contributed by atoms with van der Waals surface area (Å²) in [5.74, 6) is 2.43. The van der Waals surface area contributed by atoms with Gasteiger partial charge in [0.25, 0.3) is 0 Å². The number of nitrogens with zero attached hydrogens (tertiary/aromatic N) is 4. The van der Waals surface area contributed by atoms with Crippen molar-refractivity contribution >= 4 is 28.1 Å². The number of aromatic amines is 2. The molecular weight excluding hydrogens is 780 g/mol. The summed E-state index contributed by atoms with van der Waals surface area (Å²) in [6, 6.07) is 35.4. The molecule has 0 spiro atoms. The second kappa shape index (κ2) is 17.2. The number of halogens is 1. The van der Waals surface area contributed by atoms with Crippen molar-refractivity contribution in [3.63, 3.8) is 0 Å². The van der Waals surface area contributed by atoms with Gasteiger partial charge in [-0.2, -0.15) is 0 Å². The molecule has 6 aromatic rings. The molecule has 0 bridgehead atoms. The van der Waals surface area contributed by atoms with Crippen LogP contribution in [0.3, 0.4) is 0 Å². The summed E-state index contributed by atoms with van der Waals surface area (Å²) in [7, 11) is 0. The quantitative estimate of drug-likeness (QED) is 0.132. The number of carboxylic acid groups (broad SMARTS) is 2. The maximum atomic E-state index is 11.7. The molecule has 57 heavy (non-hydrogen) atoms. The van der Waals surface area contributed by atoms with Crippen LogP contribution in [0.1, 0.15) is 69.9 Å². The molecule has 0 saturated carbocycles. The van der Waals surface area contributed by atoms with E-state index in [-0.39, 0.29) is 23.3 Å². The summed E-state index contributed by atoms with van der Waals surface area (Å²) < 4.78 is 1.07. The highest BCUT2D eigenvalue weighted by atomic mass is 79.9. The third-order valence-electron chi connectivity index (χ3n) is 11.2. The molecule has 0 aliphatic carbocycles. The Kier molecular flexibility index (Phi) is 11.9. The Morgan fingerprint density at radius 2 is 1.05 bits per heavy atom. The summed E-state index contributed by atoms with van der Waals surface area (Å²) in [5, 5.41) is 18.7. The molecule has 2 aliphatic heterocycles. The molecule has 2 saturated heterocycles. The van der Waals surface area contributed by atoms with Crippen LogP contribution in [0.5, 0.6) is 0 Å². The number of amides is 2. The van der Waals surface area contributed by atoms with Gasteiger partial charge in [-0.25, -0.2) is 19.6 Å². The van der Waals surface area contributed by atoms with Gasteiger partial charge in [0.2, 0.25) is 0 Å². The summed E-state index contributed by atoms with van der Waals surface area (Å²) in [4.78, 5) is 42.1. The number of aromatic nitrogens is 4. The van der Waals surface area contributed by atoms with E-state index in [1.165, 1.54) is 27.2 Å². The number of H-pyrrole nitrogens is 2. The molecule has 4 aromatic carbocycles. The number of imidazole rings is 2. The fourth-order valence-electron chi connectivity index (χ4n) is 7.94. The van der Waals surface area contributed by atoms with Crippen molar-refractivity contribution in [2.45, 2.75) is 64.3 Å². The fraction of sp³-hybridized carbons (Fsp3) is 0.304. The maximum Gasteiger partial charge on any atom is 0.407 e. The third-order valence-corrected chi connectivity index (χ3v) is 11.8. The predicted octanol–water partition coefficient (Wildman–Crippen LogP) is 11.4. The number of hydrogen-bond acceptors (Lipinski definition) is 4. The zero-order chi connectivity index (χ0) is 40.1. The molecule has 2 aromatic heterocycles. The largest absolute Gasteiger partial charge is 0.465 e. The lowest BCUT2D eigenvalue weighted by Gasteiger charge is -2.44. The van der Waals surface area contributed by atoms with E-state index in [1.54, 1.807) is 4.90 Å². The van der Waals surface area contributed by atoms with Crippen molar-refractivity contribution in [3.8, 4) is 44.8 Å². The smallest absolute Gasteiger partial charge is 0.407 e. The van der Waals surface area contributed by atoms with Crippen LogP contribution in [0.25, 0.3) is 44.8 Å². The van der Waals surface area contributed by atoms with Gasteiger partial charge in [-0.15, -0.1) is 0 Å². The molecule has 2 amide bonds. The van der Waals surface area contributed by atoms with Crippen LogP contribution in [-0.2, 0) is 0 Å². The first-order valence-electron chi connectivity index (χ1n) is 19.5. The lowest BCUT2D eigenvalue weighted by molar-refractivity contribution is 0.0516. The molecule has 4 N–H and O–H groups in total. The fourth-order valence-corrected chi connectivity index (χ4v) is 8.20. The lowest BCUT2D eigenvalue weighted by Crippen LogP contribution is -2.51. The molecule has 2 fully saturated rings. The Hall–Kier alpha value is -5.68. The van der Waals surface area contributed by atoms with Crippen LogP contribution in [0.2, 0.25) is 0 Å². The molecule has 2 atom stereocenters. The van der Waals surface area contributed by atoms with Gasteiger partial charge in [-0.1, -0.05) is 128 Å². The van der Waals surface area contributed by atoms with E-state index >= 15 is 0 Å². The maximum absolute atomic E-state index is 11.7. The Labute approximate surface area is 342 Å². The van der Waals surface area contributed by atoms with Crippen LogP contribution in [0.15, 0.2) is 120 Å². The highest BCUT2D eigenvalue weighted by molar-refractivity contribution is 9.10. The van der Waals surface area contributed by atoms with Crippen molar-refractivity contribution in [2.24, 2.45) is 5.41 Å². The second-order valence-corrected chi connectivity index (χ2v) is 16.9. The van der Waals surface area contributed by atoms with Gasteiger partial charge in [0.15, 0.2) is 0 Å². The van der Waals surface area contributed by atoms with Gasteiger partial charge in [0, 0.05) is 65.5 Å². The summed E-state index contributed by atoms with van der Waals surface area (Å²) in [5.41, 5.74) is 8.62. The van der Waals surface area contributed by atoms with Gasteiger partial charge < -0.3 is 30.0 Å². The number of benzene rings is 4. The summed E-state index contributed by atoms with van der Waals surface area (Å²) >= 11 is 3.46. The average molecular weight is 830 g/mol. The molecule has 2 aliphatic rings. The first-order valence-corrected chi connectivity index (χ1v) is 20.3. The minimum Gasteiger partial charge on any atom is -0.465 e. The van der Waals surface area contributed by atoms with Gasteiger partial charge in [0.05, 0.1) is 11.4 Å². The van der Waals surface area contributed by atoms with E-state index in [2.05, 4.69) is 119 Å². The molecule has 11 heteroatoms. The molecule has 294 valence electrons. The molecule has 10 nitrogen and oxygen atoms in total. The SMILES string of the molecule is CC(C)(C)C1CC(c2nc(-c3ccc(-c4ccccc4)cc3)c[nH]2)CCN1C(=O)O.O=C(O)N1CCC(c2nc(-c3ccc(-c4ccc(Br)cc4)cc3)c[nH]2)CC1. The standard InChI is InChI=1S/C25H29N3O2.C21H20BrN3O2/c1-25(2,3)22-15-20(13-14-28(22)24(29)30)23-26-16-21(27-23)19-11-9-18(10-12-19)17-7-5-4-6-8-17;22-18-7-5-15(6-8-18)14-1-3-16(4-2-14)19-13-23-20(24-19)17-9-11-25(12-10-17)21(26)27/h4-12,16,20,22H,13-15H2,1-3H3,(H,26,27)(H,29,30);1-8,13,17H,9-12H2,(H,23,24)(H,26,27). The summed E-state index contributed by atoms with van der Waals surface area (Å²) in [6.45, 7) is 8.01. The average Bonchev–Trinajstić information content (AvgIpc) is 3.93. The van der Waals surface area contributed by atoms with Crippen molar-refractivity contribution in [1.29, 1.82) is 0 Å². The lowest BCUT2D eigenvalue weighted by atomic mass is 9.77. The first-order chi connectivity index (χ1) is 27.4. The van der Waals surface area contributed by atoms with Crippen LogP contribution in [0.4, 0.5) is 9.59 Å². The highest BCUT2D eigenvalue weighted by Crippen LogP contribution is 2.39.